The van der Waals surface area contributed by atoms with Gasteiger partial charge in [-0.2, -0.15) is 5.10 Å². The first-order valence-electron chi connectivity index (χ1n) is 5.19. The van der Waals surface area contributed by atoms with Crippen LogP contribution in [0.4, 0.5) is 5.82 Å². The summed E-state index contributed by atoms with van der Waals surface area (Å²) >= 11 is 0. The molecule has 0 amide bonds. The lowest BCUT2D eigenvalue weighted by molar-refractivity contribution is -0.136. The Kier molecular flexibility index (Phi) is 2.82. The van der Waals surface area contributed by atoms with Gasteiger partial charge < -0.3 is 10.8 Å². The summed E-state index contributed by atoms with van der Waals surface area (Å²) in [5.41, 5.74) is 8.22. The molecule has 0 aliphatic heterocycles. The first kappa shape index (κ1) is 11.2. The Labute approximate surface area is 98.5 Å². The topological polar surface area (TPSA) is 81.1 Å². The Balaban J connectivity index is 2.35. The van der Waals surface area contributed by atoms with Crippen molar-refractivity contribution in [2.45, 2.75) is 13.3 Å². The number of hydrogen-bond acceptors (Lipinski definition) is 3. The fourth-order valence-corrected chi connectivity index (χ4v) is 1.58. The van der Waals surface area contributed by atoms with Crippen molar-refractivity contribution < 1.29 is 9.90 Å². The van der Waals surface area contributed by atoms with Crippen LogP contribution in [-0.4, -0.2) is 20.9 Å². The molecular weight excluding hydrogens is 218 g/mol. The van der Waals surface area contributed by atoms with Gasteiger partial charge in [-0.3, -0.25) is 4.79 Å². The highest BCUT2D eigenvalue weighted by atomic mass is 16.4. The van der Waals surface area contributed by atoms with Crippen LogP contribution in [0.2, 0.25) is 0 Å². The van der Waals surface area contributed by atoms with Crippen molar-refractivity contribution in [3.63, 3.8) is 0 Å². The summed E-state index contributed by atoms with van der Waals surface area (Å²) in [6.45, 7) is 1.99. The minimum atomic E-state index is -0.918. The quantitative estimate of drug-likeness (QED) is 0.836. The summed E-state index contributed by atoms with van der Waals surface area (Å²) in [4.78, 5) is 10.6. The van der Waals surface area contributed by atoms with Gasteiger partial charge in [0.2, 0.25) is 0 Å². The Morgan fingerprint density at radius 2 is 2.06 bits per heavy atom. The van der Waals surface area contributed by atoms with Crippen LogP contribution in [0.15, 0.2) is 30.3 Å². The molecule has 5 heteroatoms. The molecule has 0 spiro atoms. The predicted octanol–water partition coefficient (Wildman–Crippen LogP) is 1.39. The van der Waals surface area contributed by atoms with E-state index in [1.807, 2.05) is 31.2 Å². The average molecular weight is 231 g/mol. The van der Waals surface area contributed by atoms with Crippen molar-refractivity contribution in [3.8, 4) is 5.69 Å². The Bertz CT molecular complexity index is 543. The first-order chi connectivity index (χ1) is 8.06. The van der Waals surface area contributed by atoms with Gasteiger partial charge in [-0.1, -0.05) is 17.7 Å². The molecule has 1 aromatic heterocycles. The lowest BCUT2D eigenvalue weighted by Gasteiger charge is -2.03. The van der Waals surface area contributed by atoms with E-state index in [2.05, 4.69) is 5.10 Å². The number of hydrogen-bond donors (Lipinski definition) is 2. The largest absolute Gasteiger partial charge is 0.481 e. The van der Waals surface area contributed by atoms with E-state index in [1.54, 1.807) is 6.07 Å². The van der Waals surface area contributed by atoms with Crippen molar-refractivity contribution in [1.82, 2.24) is 9.78 Å². The molecule has 0 radical (unpaired) electrons. The van der Waals surface area contributed by atoms with Gasteiger partial charge in [-0.25, -0.2) is 4.68 Å². The number of aryl methyl sites for hydroxylation is 1. The molecule has 1 aromatic carbocycles. The van der Waals surface area contributed by atoms with Crippen LogP contribution in [0.5, 0.6) is 0 Å². The van der Waals surface area contributed by atoms with Crippen molar-refractivity contribution in [2.75, 3.05) is 5.73 Å². The molecule has 17 heavy (non-hydrogen) atoms. The molecule has 0 aliphatic carbocycles. The highest BCUT2D eigenvalue weighted by Gasteiger charge is 2.09. The summed E-state index contributed by atoms with van der Waals surface area (Å²) in [6.07, 6.45) is -0.122. The van der Waals surface area contributed by atoms with Crippen LogP contribution in [0.3, 0.4) is 0 Å². The molecule has 0 bridgehead atoms. The molecule has 1 heterocycles. The highest BCUT2D eigenvalue weighted by molar-refractivity contribution is 5.70. The molecule has 3 N–H and O–H groups in total. The number of aromatic nitrogens is 2. The van der Waals surface area contributed by atoms with Gasteiger partial charge in [-0.05, 0) is 19.1 Å². The summed E-state index contributed by atoms with van der Waals surface area (Å²) in [7, 11) is 0. The van der Waals surface area contributed by atoms with Gasteiger partial charge in [-0.15, -0.1) is 0 Å². The van der Waals surface area contributed by atoms with E-state index in [0.717, 1.165) is 11.3 Å². The third kappa shape index (κ3) is 2.44. The smallest absolute Gasteiger partial charge is 0.309 e. The van der Waals surface area contributed by atoms with Gasteiger partial charge in [0.15, 0.2) is 0 Å². The molecule has 0 aliphatic rings. The highest BCUT2D eigenvalue weighted by Crippen LogP contribution is 2.15. The monoisotopic (exact) mass is 231 g/mol. The van der Waals surface area contributed by atoms with Gasteiger partial charge in [0.05, 0.1) is 17.8 Å². The van der Waals surface area contributed by atoms with Crippen LogP contribution in [0.25, 0.3) is 5.69 Å². The molecule has 2 aromatic rings. The van der Waals surface area contributed by atoms with Crippen molar-refractivity contribution >= 4 is 11.8 Å². The summed E-state index contributed by atoms with van der Waals surface area (Å²) in [5.74, 6) is -0.483. The van der Waals surface area contributed by atoms with Gasteiger partial charge >= 0.3 is 5.97 Å². The van der Waals surface area contributed by atoms with Crippen molar-refractivity contribution in [3.05, 3.63) is 41.6 Å². The summed E-state index contributed by atoms with van der Waals surface area (Å²) in [5, 5.41) is 12.8. The zero-order valence-electron chi connectivity index (χ0n) is 9.42. The molecule has 88 valence electrons. The number of nitrogens with zero attached hydrogens (tertiary/aromatic N) is 2. The Morgan fingerprint density at radius 3 is 2.65 bits per heavy atom. The van der Waals surface area contributed by atoms with Gasteiger partial charge in [0.25, 0.3) is 0 Å². The molecular formula is C12H13N3O2. The number of carboxylic acid groups (broad SMARTS) is 1. The van der Waals surface area contributed by atoms with Crippen LogP contribution in [-0.2, 0) is 11.2 Å². The van der Waals surface area contributed by atoms with Crippen molar-refractivity contribution in [1.29, 1.82) is 0 Å². The summed E-state index contributed by atoms with van der Waals surface area (Å²) in [6, 6.07) is 9.26. The standard InChI is InChI=1S/C12H13N3O2/c1-8-2-4-10(5-3-8)15-11(13)6-9(14-15)7-12(16)17/h2-6H,7,13H2,1H3,(H,16,17). The zero-order valence-corrected chi connectivity index (χ0v) is 9.42. The van der Waals surface area contributed by atoms with E-state index in [0.29, 0.717) is 11.5 Å². The van der Waals surface area contributed by atoms with Crippen LogP contribution in [0, 0.1) is 6.92 Å². The Hall–Kier alpha value is -2.30. The number of nitrogens with two attached hydrogens (primary N) is 1. The number of carbonyl (C=O) groups is 1. The van der Waals surface area contributed by atoms with E-state index < -0.39 is 5.97 Å². The van der Waals surface area contributed by atoms with Crippen LogP contribution < -0.4 is 5.73 Å². The molecule has 0 saturated carbocycles. The first-order valence-corrected chi connectivity index (χ1v) is 5.19. The molecule has 0 unspecified atom stereocenters. The lowest BCUT2D eigenvalue weighted by Crippen LogP contribution is -2.04. The number of rotatable bonds is 3. The number of anilines is 1. The van der Waals surface area contributed by atoms with Crippen LogP contribution in [0.1, 0.15) is 11.3 Å². The molecule has 2 rings (SSSR count). The van der Waals surface area contributed by atoms with E-state index >= 15 is 0 Å². The molecule has 0 atom stereocenters. The predicted molar refractivity (Wildman–Crippen MR) is 64.1 cm³/mol. The third-order valence-corrected chi connectivity index (χ3v) is 2.40. The van der Waals surface area contributed by atoms with Crippen LogP contribution >= 0.6 is 0 Å². The summed E-state index contributed by atoms with van der Waals surface area (Å²) < 4.78 is 1.54. The SMILES string of the molecule is Cc1ccc(-n2nc(CC(=O)O)cc2N)cc1. The lowest BCUT2D eigenvalue weighted by atomic mass is 10.2. The molecule has 5 nitrogen and oxygen atoms in total. The number of aliphatic carboxylic acids is 1. The number of nitrogen functional groups attached to an aromatic ring is 1. The Morgan fingerprint density at radius 1 is 1.41 bits per heavy atom. The molecule has 0 fully saturated rings. The maximum absolute atomic E-state index is 10.6. The fraction of sp³-hybridized carbons (Fsp3) is 0.167. The van der Waals surface area contributed by atoms with Gasteiger partial charge in [0.1, 0.15) is 5.82 Å². The second kappa shape index (κ2) is 4.29. The molecule has 0 saturated heterocycles. The second-order valence-corrected chi connectivity index (χ2v) is 3.88. The van der Waals surface area contributed by atoms with E-state index in [4.69, 9.17) is 10.8 Å². The van der Waals surface area contributed by atoms with Crippen molar-refractivity contribution in [2.24, 2.45) is 0 Å². The zero-order chi connectivity index (χ0) is 12.4. The maximum atomic E-state index is 10.6. The van der Waals surface area contributed by atoms with E-state index in [1.165, 1.54) is 4.68 Å². The average Bonchev–Trinajstić information content (AvgIpc) is 2.59. The number of carboxylic acids is 1. The maximum Gasteiger partial charge on any atom is 0.309 e. The van der Waals surface area contributed by atoms with Gasteiger partial charge in [0, 0.05) is 6.07 Å². The minimum Gasteiger partial charge on any atom is -0.481 e. The number of benzene rings is 1. The fourth-order valence-electron chi connectivity index (χ4n) is 1.58. The minimum absolute atomic E-state index is 0.122. The normalized spacial score (nSPS) is 10.4. The second-order valence-electron chi connectivity index (χ2n) is 3.88. The third-order valence-electron chi connectivity index (χ3n) is 2.40. The van der Waals surface area contributed by atoms with E-state index in [9.17, 15) is 4.79 Å². The van der Waals surface area contributed by atoms with E-state index in [-0.39, 0.29) is 6.42 Å².